The summed E-state index contributed by atoms with van der Waals surface area (Å²) in [5.41, 5.74) is -0.986. The third-order valence-corrected chi connectivity index (χ3v) is 3.47. The van der Waals surface area contributed by atoms with Crippen LogP contribution < -0.4 is 16.0 Å². The zero-order valence-corrected chi connectivity index (χ0v) is 12.2. The van der Waals surface area contributed by atoms with Crippen molar-refractivity contribution in [3.8, 4) is 0 Å². The molecule has 1 heterocycles. The zero-order chi connectivity index (χ0) is 15.7. The Labute approximate surface area is 123 Å². The number of urea groups is 1. The van der Waals surface area contributed by atoms with Crippen LogP contribution in [-0.4, -0.2) is 55.9 Å². The van der Waals surface area contributed by atoms with Crippen LogP contribution in [-0.2, 0) is 14.3 Å². The van der Waals surface area contributed by atoms with Crippen LogP contribution in [0.3, 0.4) is 0 Å². The molecular formula is C13H23N3O5. The largest absolute Gasteiger partial charge is 0.481 e. The standard InChI is InChI=1S/C13H23N3O5/c1-2-5-14-10(17)8-15-12(20)16-9-13(11(18)19)3-6-21-7-4-13/h2-9H2,1H3,(H,14,17)(H,18,19)(H2,15,16,20). The smallest absolute Gasteiger partial charge is 0.315 e. The van der Waals surface area contributed by atoms with Crippen molar-refractivity contribution in [2.45, 2.75) is 26.2 Å². The van der Waals surface area contributed by atoms with Gasteiger partial charge in [-0.25, -0.2) is 4.79 Å². The summed E-state index contributed by atoms with van der Waals surface area (Å²) in [5.74, 6) is -1.21. The first kappa shape index (κ1) is 17.2. The molecule has 1 aliphatic rings. The number of nitrogens with one attached hydrogen (secondary N) is 3. The molecule has 120 valence electrons. The minimum Gasteiger partial charge on any atom is -0.481 e. The van der Waals surface area contributed by atoms with E-state index in [0.29, 0.717) is 32.6 Å². The molecule has 0 radical (unpaired) electrons. The van der Waals surface area contributed by atoms with Gasteiger partial charge in [0.15, 0.2) is 0 Å². The predicted octanol–water partition coefficient (Wildman–Crippen LogP) is -0.307. The van der Waals surface area contributed by atoms with Crippen molar-refractivity contribution in [1.82, 2.24) is 16.0 Å². The molecule has 0 aromatic carbocycles. The summed E-state index contributed by atoms with van der Waals surface area (Å²) in [6, 6.07) is -0.547. The van der Waals surface area contributed by atoms with Crippen LogP contribution in [0.1, 0.15) is 26.2 Å². The highest BCUT2D eigenvalue weighted by Crippen LogP contribution is 2.29. The molecule has 1 rings (SSSR count). The van der Waals surface area contributed by atoms with E-state index in [4.69, 9.17) is 4.74 Å². The van der Waals surface area contributed by atoms with E-state index >= 15 is 0 Å². The van der Waals surface area contributed by atoms with Crippen molar-refractivity contribution in [1.29, 1.82) is 0 Å². The molecule has 0 atom stereocenters. The monoisotopic (exact) mass is 301 g/mol. The minimum absolute atomic E-state index is 0.0219. The normalized spacial score (nSPS) is 16.8. The Kier molecular flexibility index (Phi) is 6.93. The van der Waals surface area contributed by atoms with Gasteiger partial charge in [0.1, 0.15) is 0 Å². The van der Waals surface area contributed by atoms with Crippen LogP contribution in [0.25, 0.3) is 0 Å². The van der Waals surface area contributed by atoms with Gasteiger partial charge in [0.05, 0.1) is 12.0 Å². The maximum Gasteiger partial charge on any atom is 0.315 e. The lowest BCUT2D eigenvalue weighted by molar-refractivity contribution is -0.154. The van der Waals surface area contributed by atoms with Gasteiger partial charge in [0.25, 0.3) is 0 Å². The molecule has 1 saturated heterocycles. The third-order valence-electron chi connectivity index (χ3n) is 3.47. The molecule has 21 heavy (non-hydrogen) atoms. The highest BCUT2D eigenvalue weighted by molar-refractivity contribution is 5.84. The molecule has 8 nitrogen and oxygen atoms in total. The molecule has 8 heteroatoms. The second-order valence-electron chi connectivity index (χ2n) is 5.08. The van der Waals surface area contributed by atoms with Gasteiger partial charge < -0.3 is 25.8 Å². The van der Waals surface area contributed by atoms with E-state index in [0.717, 1.165) is 6.42 Å². The number of amides is 3. The fourth-order valence-corrected chi connectivity index (χ4v) is 2.03. The molecule has 4 N–H and O–H groups in total. The van der Waals surface area contributed by atoms with Crippen molar-refractivity contribution >= 4 is 17.9 Å². The van der Waals surface area contributed by atoms with Crippen LogP contribution >= 0.6 is 0 Å². The molecular weight excluding hydrogens is 278 g/mol. The molecule has 0 aromatic rings. The van der Waals surface area contributed by atoms with Crippen molar-refractivity contribution in [3.63, 3.8) is 0 Å². The zero-order valence-electron chi connectivity index (χ0n) is 12.2. The molecule has 0 unspecified atom stereocenters. The van der Waals surface area contributed by atoms with Crippen LogP contribution in [0.15, 0.2) is 0 Å². The van der Waals surface area contributed by atoms with E-state index in [1.807, 2.05) is 6.92 Å². The Bertz CT molecular complexity index is 380. The van der Waals surface area contributed by atoms with Gasteiger partial charge in [0.2, 0.25) is 5.91 Å². The van der Waals surface area contributed by atoms with Crippen LogP contribution in [0.2, 0.25) is 0 Å². The summed E-state index contributed by atoms with van der Waals surface area (Å²) >= 11 is 0. The molecule has 0 aromatic heterocycles. The topological polar surface area (TPSA) is 117 Å². The summed E-state index contributed by atoms with van der Waals surface area (Å²) in [7, 11) is 0. The van der Waals surface area contributed by atoms with Gasteiger partial charge in [0, 0.05) is 26.3 Å². The first-order valence-electron chi connectivity index (χ1n) is 7.10. The Morgan fingerprint density at radius 2 is 1.81 bits per heavy atom. The Morgan fingerprint density at radius 3 is 2.38 bits per heavy atom. The van der Waals surface area contributed by atoms with Crippen molar-refractivity contribution < 1.29 is 24.2 Å². The minimum atomic E-state index is -0.986. The molecule has 0 aliphatic carbocycles. The number of carboxylic acid groups (broad SMARTS) is 1. The molecule has 1 aliphatic heterocycles. The molecule has 0 bridgehead atoms. The number of carbonyl (C=O) groups is 3. The average Bonchev–Trinajstić information content (AvgIpc) is 2.49. The van der Waals surface area contributed by atoms with E-state index in [-0.39, 0.29) is 19.0 Å². The molecule has 1 fully saturated rings. The maximum absolute atomic E-state index is 11.6. The van der Waals surface area contributed by atoms with Crippen molar-refractivity contribution in [2.75, 3.05) is 32.8 Å². The summed E-state index contributed by atoms with van der Waals surface area (Å²) < 4.78 is 5.15. The average molecular weight is 301 g/mol. The van der Waals surface area contributed by atoms with Gasteiger partial charge >= 0.3 is 12.0 Å². The number of carbonyl (C=O) groups excluding carboxylic acids is 2. The number of carboxylic acids is 1. The Hall–Kier alpha value is -1.83. The first-order valence-corrected chi connectivity index (χ1v) is 7.10. The molecule has 0 spiro atoms. The lowest BCUT2D eigenvalue weighted by Crippen LogP contribution is -2.50. The number of hydrogen-bond acceptors (Lipinski definition) is 4. The van der Waals surface area contributed by atoms with Crippen LogP contribution in [0, 0.1) is 5.41 Å². The van der Waals surface area contributed by atoms with Gasteiger partial charge in [-0.15, -0.1) is 0 Å². The van der Waals surface area contributed by atoms with E-state index < -0.39 is 17.4 Å². The number of rotatable bonds is 7. The third kappa shape index (κ3) is 5.58. The second-order valence-corrected chi connectivity index (χ2v) is 5.08. The summed E-state index contributed by atoms with van der Waals surface area (Å²) in [6.07, 6.45) is 1.54. The number of ether oxygens (including phenoxy) is 1. The van der Waals surface area contributed by atoms with E-state index in [1.165, 1.54) is 0 Å². The van der Waals surface area contributed by atoms with Crippen LogP contribution in [0.5, 0.6) is 0 Å². The lowest BCUT2D eigenvalue weighted by atomic mass is 9.80. The van der Waals surface area contributed by atoms with E-state index in [1.54, 1.807) is 0 Å². The SMILES string of the molecule is CCCNC(=O)CNC(=O)NCC1(C(=O)O)CCOCC1. The van der Waals surface area contributed by atoms with Gasteiger partial charge in [-0.05, 0) is 19.3 Å². The van der Waals surface area contributed by atoms with Gasteiger partial charge in [-0.1, -0.05) is 6.92 Å². The fourth-order valence-electron chi connectivity index (χ4n) is 2.03. The van der Waals surface area contributed by atoms with E-state index in [9.17, 15) is 19.5 Å². The molecule has 3 amide bonds. The highest BCUT2D eigenvalue weighted by atomic mass is 16.5. The van der Waals surface area contributed by atoms with Crippen molar-refractivity contribution in [3.05, 3.63) is 0 Å². The molecule has 0 saturated carbocycles. The lowest BCUT2D eigenvalue weighted by Gasteiger charge is -2.33. The first-order chi connectivity index (χ1) is 10.00. The van der Waals surface area contributed by atoms with Crippen LogP contribution in [0.4, 0.5) is 4.79 Å². The summed E-state index contributed by atoms with van der Waals surface area (Å²) in [5, 5.41) is 16.9. The fraction of sp³-hybridized carbons (Fsp3) is 0.769. The van der Waals surface area contributed by atoms with Gasteiger partial charge in [-0.2, -0.15) is 0 Å². The second kappa shape index (κ2) is 8.46. The number of aliphatic carboxylic acids is 1. The highest BCUT2D eigenvalue weighted by Gasteiger charge is 2.40. The number of hydrogen-bond donors (Lipinski definition) is 4. The van der Waals surface area contributed by atoms with Crippen molar-refractivity contribution in [2.24, 2.45) is 5.41 Å². The maximum atomic E-state index is 11.6. The Morgan fingerprint density at radius 1 is 1.14 bits per heavy atom. The van der Waals surface area contributed by atoms with E-state index in [2.05, 4.69) is 16.0 Å². The quantitative estimate of drug-likeness (QED) is 0.515. The summed E-state index contributed by atoms with van der Waals surface area (Å²) in [4.78, 5) is 34.3. The summed E-state index contributed by atoms with van der Waals surface area (Å²) in [6.45, 7) is 3.12. The Balaban J connectivity index is 2.33. The van der Waals surface area contributed by atoms with Gasteiger partial charge in [-0.3, -0.25) is 9.59 Å². The predicted molar refractivity (Wildman–Crippen MR) is 74.8 cm³/mol.